The lowest BCUT2D eigenvalue weighted by Gasteiger charge is -2.12. The van der Waals surface area contributed by atoms with Crippen LogP contribution in [0.2, 0.25) is 0 Å². The molecule has 0 radical (unpaired) electrons. The number of aryl methyl sites for hydroxylation is 1. The van der Waals surface area contributed by atoms with Gasteiger partial charge in [-0.3, -0.25) is 9.89 Å². The van der Waals surface area contributed by atoms with Gasteiger partial charge in [0.25, 0.3) is 5.91 Å². The van der Waals surface area contributed by atoms with Crippen molar-refractivity contribution < 1.29 is 4.79 Å². The summed E-state index contributed by atoms with van der Waals surface area (Å²) < 4.78 is 0. The molecule has 0 saturated heterocycles. The highest BCUT2D eigenvalue weighted by molar-refractivity contribution is 5.95. The zero-order valence-electron chi connectivity index (χ0n) is 10.4. The Morgan fingerprint density at radius 1 is 1.50 bits per heavy atom. The molecule has 1 aromatic heterocycles. The average molecular weight is 244 g/mol. The fraction of sp³-hybridized carbons (Fsp3) is 0.231. The number of hydrogen-bond donors (Lipinski definition) is 3. The van der Waals surface area contributed by atoms with E-state index >= 15 is 0 Å². The van der Waals surface area contributed by atoms with Gasteiger partial charge in [-0.15, -0.1) is 0 Å². The highest BCUT2D eigenvalue weighted by Crippen LogP contribution is 2.15. The summed E-state index contributed by atoms with van der Waals surface area (Å²) in [6.07, 6.45) is 3.45. The third-order valence-corrected chi connectivity index (χ3v) is 2.91. The second kappa shape index (κ2) is 4.91. The highest BCUT2D eigenvalue weighted by atomic mass is 16.1. The van der Waals surface area contributed by atoms with Crippen LogP contribution in [0.4, 0.5) is 5.69 Å². The smallest absolute Gasteiger partial charge is 0.251 e. The maximum Gasteiger partial charge on any atom is 0.251 e. The van der Waals surface area contributed by atoms with Gasteiger partial charge >= 0.3 is 0 Å². The van der Waals surface area contributed by atoms with E-state index < -0.39 is 0 Å². The molecule has 0 fully saturated rings. The number of carbonyl (C=O) groups excluding carboxylic acids is 1. The van der Waals surface area contributed by atoms with E-state index in [0.29, 0.717) is 11.3 Å². The fourth-order valence-corrected chi connectivity index (χ4v) is 1.64. The molecule has 1 unspecified atom stereocenters. The van der Waals surface area contributed by atoms with E-state index in [2.05, 4.69) is 15.5 Å². The number of nitrogens with one attached hydrogen (secondary N) is 2. The lowest BCUT2D eigenvalue weighted by molar-refractivity contribution is 0.0940. The summed E-state index contributed by atoms with van der Waals surface area (Å²) in [7, 11) is 0. The van der Waals surface area contributed by atoms with Crippen LogP contribution < -0.4 is 11.1 Å². The van der Waals surface area contributed by atoms with Gasteiger partial charge in [0.1, 0.15) is 0 Å². The van der Waals surface area contributed by atoms with Crippen LogP contribution in [-0.2, 0) is 0 Å². The number of carbonyl (C=O) groups is 1. The second-order valence-electron chi connectivity index (χ2n) is 4.30. The zero-order chi connectivity index (χ0) is 13.1. The number of nitrogens with two attached hydrogens (primary N) is 1. The number of benzene rings is 1. The summed E-state index contributed by atoms with van der Waals surface area (Å²) in [5.74, 6) is -0.143. The largest absolute Gasteiger partial charge is 0.398 e. The summed E-state index contributed by atoms with van der Waals surface area (Å²) in [5, 5.41) is 9.46. The molecule has 0 aliphatic carbocycles. The third-order valence-electron chi connectivity index (χ3n) is 2.91. The van der Waals surface area contributed by atoms with Crippen molar-refractivity contribution in [3.63, 3.8) is 0 Å². The van der Waals surface area contributed by atoms with Crippen LogP contribution in [0.3, 0.4) is 0 Å². The van der Waals surface area contributed by atoms with Crippen LogP contribution in [0.25, 0.3) is 0 Å². The van der Waals surface area contributed by atoms with Crippen LogP contribution in [-0.4, -0.2) is 16.1 Å². The molecule has 1 aromatic carbocycles. The molecule has 1 atom stereocenters. The molecule has 0 aliphatic heterocycles. The van der Waals surface area contributed by atoms with Gasteiger partial charge in [-0.25, -0.2) is 0 Å². The molecule has 0 aliphatic rings. The van der Waals surface area contributed by atoms with Crippen LogP contribution in [0, 0.1) is 6.92 Å². The Balaban J connectivity index is 2.10. The van der Waals surface area contributed by atoms with Crippen molar-refractivity contribution in [1.29, 1.82) is 0 Å². The van der Waals surface area contributed by atoms with E-state index in [-0.39, 0.29) is 11.9 Å². The maximum atomic E-state index is 12.0. The second-order valence-corrected chi connectivity index (χ2v) is 4.30. The van der Waals surface area contributed by atoms with E-state index in [9.17, 15) is 4.79 Å². The molecule has 0 spiro atoms. The summed E-state index contributed by atoms with van der Waals surface area (Å²) in [5.41, 5.74) is 8.88. The number of nitrogens with zero attached hydrogens (tertiary/aromatic N) is 1. The molecule has 5 heteroatoms. The molecule has 2 rings (SSSR count). The van der Waals surface area contributed by atoms with E-state index in [1.165, 1.54) is 0 Å². The molecular formula is C13H16N4O. The first-order chi connectivity index (χ1) is 8.58. The number of H-pyrrole nitrogens is 1. The molecule has 5 nitrogen and oxygen atoms in total. The Morgan fingerprint density at radius 3 is 2.89 bits per heavy atom. The lowest BCUT2D eigenvalue weighted by Crippen LogP contribution is -2.26. The number of hydrogen-bond acceptors (Lipinski definition) is 3. The van der Waals surface area contributed by atoms with Crippen LogP contribution in [0.1, 0.15) is 34.5 Å². The number of amides is 1. The van der Waals surface area contributed by atoms with E-state index in [1.807, 2.05) is 19.9 Å². The van der Waals surface area contributed by atoms with Crippen molar-refractivity contribution in [3.8, 4) is 0 Å². The van der Waals surface area contributed by atoms with Gasteiger partial charge in [-0.2, -0.15) is 5.10 Å². The molecule has 2 aromatic rings. The van der Waals surface area contributed by atoms with Gasteiger partial charge in [-0.1, -0.05) is 6.07 Å². The Hall–Kier alpha value is -2.30. The van der Waals surface area contributed by atoms with Crippen LogP contribution >= 0.6 is 0 Å². The fourth-order valence-electron chi connectivity index (χ4n) is 1.64. The maximum absolute atomic E-state index is 12.0. The highest BCUT2D eigenvalue weighted by Gasteiger charge is 2.12. The first-order valence-corrected chi connectivity index (χ1v) is 5.73. The Bertz CT molecular complexity index is 548. The molecule has 1 amide bonds. The van der Waals surface area contributed by atoms with E-state index in [4.69, 9.17) is 5.73 Å². The number of aromatic nitrogens is 2. The number of aromatic amines is 1. The molecular weight excluding hydrogens is 228 g/mol. The Morgan fingerprint density at radius 2 is 2.28 bits per heavy atom. The van der Waals surface area contributed by atoms with Gasteiger partial charge in [0.2, 0.25) is 0 Å². The quantitative estimate of drug-likeness (QED) is 0.720. The first kappa shape index (κ1) is 12.2. The molecule has 4 N–H and O–H groups in total. The van der Waals surface area contributed by atoms with Crippen molar-refractivity contribution in [2.75, 3.05) is 5.73 Å². The van der Waals surface area contributed by atoms with Crippen molar-refractivity contribution in [2.24, 2.45) is 0 Å². The molecule has 1 heterocycles. The monoisotopic (exact) mass is 244 g/mol. The Kier molecular flexibility index (Phi) is 3.32. The van der Waals surface area contributed by atoms with Crippen molar-refractivity contribution in [1.82, 2.24) is 15.5 Å². The molecule has 94 valence electrons. The zero-order valence-corrected chi connectivity index (χ0v) is 10.4. The standard InChI is InChI=1S/C13H16N4O/c1-8-3-4-10(5-12(8)14)13(18)17-9(2)11-6-15-16-7-11/h3-7,9H,14H2,1-2H3,(H,15,16)(H,17,18). The van der Waals surface area contributed by atoms with Gasteiger partial charge in [0.15, 0.2) is 0 Å². The normalized spacial score (nSPS) is 12.1. The SMILES string of the molecule is Cc1ccc(C(=O)NC(C)c2cn[nH]c2)cc1N. The van der Waals surface area contributed by atoms with Crippen LogP contribution in [0.5, 0.6) is 0 Å². The predicted molar refractivity (Wildman–Crippen MR) is 70.1 cm³/mol. The van der Waals surface area contributed by atoms with E-state index in [1.54, 1.807) is 24.5 Å². The third kappa shape index (κ3) is 2.51. The summed E-state index contributed by atoms with van der Waals surface area (Å²) >= 11 is 0. The summed E-state index contributed by atoms with van der Waals surface area (Å²) in [6.45, 7) is 3.81. The Labute approximate surface area is 105 Å². The van der Waals surface area contributed by atoms with Crippen LogP contribution in [0.15, 0.2) is 30.6 Å². The summed E-state index contributed by atoms with van der Waals surface area (Å²) in [4.78, 5) is 12.0. The van der Waals surface area contributed by atoms with E-state index in [0.717, 1.165) is 11.1 Å². The molecule has 0 saturated carbocycles. The minimum absolute atomic E-state index is 0.0984. The van der Waals surface area contributed by atoms with Gasteiger partial charge < -0.3 is 11.1 Å². The number of anilines is 1. The molecule has 18 heavy (non-hydrogen) atoms. The predicted octanol–water partition coefficient (Wildman–Crippen LogP) is 1.79. The first-order valence-electron chi connectivity index (χ1n) is 5.73. The number of nitrogen functional groups attached to an aromatic ring is 1. The molecule has 0 bridgehead atoms. The minimum atomic E-state index is -0.143. The van der Waals surface area contributed by atoms with Crippen molar-refractivity contribution >= 4 is 11.6 Å². The lowest BCUT2D eigenvalue weighted by atomic mass is 10.1. The minimum Gasteiger partial charge on any atom is -0.398 e. The van der Waals surface area contributed by atoms with Gasteiger partial charge in [-0.05, 0) is 31.5 Å². The number of rotatable bonds is 3. The summed E-state index contributed by atoms with van der Waals surface area (Å²) in [6, 6.07) is 5.20. The van der Waals surface area contributed by atoms with Gasteiger partial charge in [0.05, 0.1) is 12.2 Å². The van der Waals surface area contributed by atoms with Crippen molar-refractivity contribution in [3.05, 3.63) is 47.3 Å². The average Bonchev–Trinajstić information content (AvgIpc) is 2.86. The topological polar surface area (TPSA) is 83.8 Å². The van der Waals surface area contributed by atoms with Gasteiger partial charge in [0, 0.05) is 23.0 Å². The van der Waals surface area contributed by atoms with Crippen molar-refractivity contribution in [2.45, 2.75) is 19.9 Å².